The molecule has 0 saturated heterocycles. The smallest absolute Gasteiger partial charge is 0.291 e. The molecule has 0 radical (unpaired) electrons. The fraction of sp³-hybridized carbons (Fsp3) is 0.105. The maximum Gasteiger partial charge on any atom is 0.291 e. The Morgan fingerprint density at radius 3 is 2.50 bits per heavy atom. The first-order valence-electron chi connectivity index (χ1n) is 8.44. The van der Waals surface area contributed by atoms with Crippen LogP contribution in [-0.2, 0) is 0 Å². The van der Waals surface area contributed by atoms with Gasteiger partial charge in [-0.2, -0.15) is 9.50 Å². The minimum atomic E-state index is -0.464. The lowest BCUT2D eigenvalue weighted by atomic mass is 10.2. The molecule has 0 spiro atoms. The van der Waals surface area contributed by atoms with Gasteiger partial charge in [-0.15, -0.1) is 5.10 Å². The molecule has 0 aliphatic rings. The van der Waals surface area contributed by atoms with Gasteiger partial charge in [-0.1, -0.05) is 11.3 Å². The van der Waals surface area contributed by atoms with E-state index in [1.807, 2.05) is 31.2 Å². The average Bonchev–Trinajstić information content (AvgIpc) is 3.23. The highest BCUT2D eigenvalue weighted by Gasteiger charge is 2.12. The lowest BCUT2D eigenvalue weighted by Gasteiger charge is -2.02. The van der Waals surface area contributed by atoms with E-state index >= 15 is 0 Å². The van der Waals surface area contributed by atoms with Gasteiger partial charge in [0.05, 0.1) is 16.1 Å². The van der Waals surface area contributed by atoms with Crippen LogP contribution in [0, 0.1) is 10.1 Å². The second-order valence-electron chi connectivity index (χ2n) is 5.85. The van der Waals surface area contributed by atoms with Crippen molar-refractivity contribution < 1.29 is 9.66 Å². The monoisotopic (exact) mass is 394 g/mol. The van der Waals surface area contributed by atoms with Crippen LogP contribution < -0.4 is 14.8 Å². The molecule has 0 N–H and O–H groups in total. The zero-order chi connectivity index (χ0) is 19.7. The van der Waals surface area contributed by atoms with Crippen molar-refractivity contribution in [3.63, 3.8) is 0 Å². The number of nitro groups is 1. The van der Waals surface area contributed by atoms with Crippen LogP contribution in [0.15, 0.2) is 53.3 Å². The van der Waals surface area contributed by atoms with Gasteiger partial charge in [0.25, 0.3) is 11.2 Å². The summed E-state index contributed by atoms with van der Waals surface area (Å²) in [4.78, 5) is 27.8. The summed E-state index contributed by atoms with van der Waals surface area (Å²) in [6.07, 6.45) is 1.67. The van der Waals surface area contributed by atoms with Crippen LogP contribution in [0.25, 0.3) is 22.4 Å². The molecule has 2 heterocycles. The summed E-state index contributed by atoms with van der Waals surface area (Å²) >= 11 is 1.22. The number of hydrogen-bond donors (Lipinski definition) is 0. The van der Waals surface area contributed by atoms with Crippen LogP contribution in [0.3, 0.4) is 0 Å². The van der Waals surface area contributed by atoms with Gasteiger partial charge in [0.2, 0.25) is 4.96 Å². The van der Waals surface area contributed by atoms with Crippen molar-refractivity contribution in [2.45, 2.75) is 6.92 Å². The minimum absolute atomic E-state index is 0.00198. The number of benzene rings is 2. The molecule has 0 unspecified atom stereocenters. The molecule has 0 bridgehead atoms. The van der Waals surface area contributed by atoms with Crippen LogP contribution in [0.1, 0.15) is 12.5 Å². The van der Waals surface area contributed by atoms with E-state index < -0.39 is 4.92 Å². The van der Waals surface area contributed by atoms with Crippen LogP contribution >= 0.6 is 11.3 Å². The molecule has 2 aromatic heterocycles. The first-order chi connectivity index (χ1) is 13.5. The van der Waals surface area contributed by atoms with E-state index in [0.717, 1.165) is 11.3 Å². The van der Waals surface area contributed by atoms with Crippen LogP contribution in [-0.4, -0.2) is 26.1 Å². The Bertz CT molecular complexity index is 1260. The number of hydrogen-bond acceptors (Lipinski definition) is 7. The summed E-state index contributed by atoms with van der Waals surface area (Å²) in [7, 11) is 0. The quantitative estimate of drug-likeness (QED) is 0.381. The Balaban J connectivity index is 1.68. The van der Waals surface area contributed by atoms with Gasteiger partial charge >= 0.3 is 0 Å². The number of nitrogens with zero attached hydrogens (tertiary/aromatic N) is 4. The van der Waals surface area contributed by atoms with Gasteiger partial charge in [-0.3, -0.25) is 14.9 Å². The highest BCUT2D eigenvalue weighted by molar-refractivity contribution is 7.15. The summed E-state index contributed by atoms with van der Waals surface area (Å²) in [5.74, 6) is 1.23. The van der Waals surface area contributed by atoms with Crippen LogP contribution in [0.5, 0.6) is 5.75 Å². The predicted molar refractivity (Wildman–Crippen MR) is 106 cm³/mol. The first kappa shape index (κ1) is 17.8. The molecule has 28 heavy (non-hydrogen) atoms. The minimum Gasteiger partial charge on any atom is -0.494 e. The maximum atomic E-state index is 12.6. The Morgan fingerprint density at radius 1 is 1.18 bits per heavy atom. The second kappa shape index (κ2) is 7.20. The van der Waals surface area contributed by atoms with Crippen LogP contribution in [0.2, 0.25) is 0 Å². The summed E-state index contributed by atoms with van der Waals surface area (Å²) < 4.78 is 7.15. The van der Waals surface area contributed by atoms with Gasteiger partial charge in [0.1, 0.15) is 5.75 Å². The number of nitro benzene ring substituents is 1. The molecule has 8 nitrogen and oxygen atoms in total. The third-order valence-electron chi connectivity index (χ3n) is 4.01. The molecule has 0 amide bonds. The van der Waals surface area contributed by atoms with Crippen molar-refractivity contribution in [2.75, 3.05) is 6.61 Å². The van der Waals surface area contributed by atoms with Crippen LogP contribution in [0.4, 0.5) is 5.69 Å². The molecule has 4 rings (SSSR count). The largest absolute Gasteiger partial charge is 0.494 e. The zero-order valence-electron chi connectivity index (χ0n) is 14.7. The molecule has 140 valence electrons. The van der Waals surface area contributed by atoms with Crippen molar-refractivity contribution in [3.8, 4) is 17.1 Å². The van der Waals surface area contributed by atoms with Crippen molar-refractivity contribution >= 4 is 28.1 Å². The molecule has 0 fully saturated rings. The van der Waals surface area contributed by atoms with E-state index in [1.165, 1.54) is 28.0 Å². The Labute approximate surface area is 162 Å². The fourth-order valence-corrected chi connectivity index (χ4v) is 3.57. The normalized spacial score (nSPS) is 11.8. The summed E-state index contributed by atoms with van der Waals surface area (Å²) in [6.45, 7) is 2.51. The molecule has 2 aromatic carbocycles. The topological polar surface area (TPSA) is 99.6 Å². The lowest BCUT2D eigenvalue weighted by molar-refractivity contribution is -0.384. The molecule has 4 aromatic rings. The molecule has 0 aliphatic carbocycles. The third kappa shape index (κ3) is 3.35. The number of thiazole rings is 1. The van der Waals surface area contributed by atoms with E-state index in [9.17, 15) is 14.9 Å². The number of rotatable bonds is 5. The van der Waals surface area contributed by atoms with Crippen molar-refractivity contribution in [1.82, 2.24) is 14.6 Å². The van der Waals surface area contributed by atoms with Gasteiger partial charge in [0.15, 0.2) is 5.82 Å². The molecular formula is C19H14N4O4S. The van der Waals surface area contributed by atoms with Gasteiger partial charge < -0.3 is 4.74 Å². The molecular weight excluding hydrogens is 380 g/mol. The maximum absolute atomic E-state index is 12.6. The Kier molecular flexibility index (Phi) is 4.58. The van der Waals surface area contributed by atoms with E-state index in [2.05, 4.69) is 10.1 Å². The number of non-ortho nitro benzene ring substituents is 1. The summed E-state index contributed by atoms with van der Waals surface area (Å²) in [6, 6.07) is 13.4. The summed E-state index contributed by atoms with van der Waals surface area (Å²) in [5, 5.41) is 15.0. The molecule has 0 saturated carbocycles. The highest BCUT2D eigenvalue weighted by atomic mass is 32.1. The van der Waals surface area contributed by atoms with Crippen molar-refractivity contribution in [3.05, 3.63) is 79.1 Å². The van der Waals surface area contributed by atoms with E-state index in [-0.39, 0.29) is 11.2 Å². The van der Waals surface area contributed by atoms with E-state index in [0.29, 0.717) is 27.5 Å². The lowest BCUT2D eigenvalue weighted by Crippen LogP contribution is -2.23. The molecule has 9 heteroatoms. The van der Waals surface area contributed by atoms with Crippen molar-refractivity contribution in [1.29, 1.82) is 0 Å². The number of fused-ring (bicyclic) bond motifs is 1. The second-order valence-corrected chi connectivity index (χ2v) is 6.86. The van der Waals surface area contributed by atoms with Gasteiger partial charge in [-0.25, -0.2) is 0 Å². The number of ether oxygens (including phenoxy) is 1. The van der Waals surface area contributed by atoms with Gasteiger partial charge in [-0.05, 0) is 55.0 Å². The van der Waals surface area contributed by atoms with Gasteiger partial charge in [0, 0.05) is 17.7 Å². The SMILES string of the molecule is CCOc1ccc(-c2nc3s/c(=C/c4ccc([N+](=O)[O-])cc4)c(=O)n3n2)cc1. The predicted octanol–water partition coefficient (Wildman–Crippen LogP) is 2.67. The molecule has 0 aliphatic heterocycles. The Hall–Kier alpha value is -3.59. The number of aromatic nitrogens is 3. The first-order valence-corrected chi connectivity index (χ1v) is 9.26. The average molecular weight is 394 g/mol. The Morgan fingerprint density at radius 2 is 1.89 bits per heavy atom. The third-order valence-corrected chi connectivity index (χ3v) is 4.97. The van der Waals surface area contributed by atoms with E-state index in [1.54, 1.807) is 18.2 Å². The van der Waals surface area contributed by atoms with Crippen molar-refractivity contribution in [2.24, 2.45) is 0 Å². The van der Waals surface area contributed by atoms with E-state index in [4.69, 9.17) is 4.74 Å². The fourth-order valence-electron chi connectivity index (χ4n) is 2.67. The standard InChI is InChI=1S/C19H14N4O4S/c1-2-27-15-9-5-13(6-10-15)17-20-19-22(21-17)18(24)16(28-19)11-12-3-7-14(8-4-12)23(25)26/h3-11H,2H2,1H3/b16-11+. The highest BCUT2D eigenvalue weighted by Crippen LogP contribution is 2.20. The zero-order valence-corrected chi connectivity index (χ0v) is 15.5. The summed E-state index contributed by atoms with van der Waals surface area (Å²) in [5.41, 5.74) is 1.21. The molecule has 0 atom stereocenters.